The maximum absolute atomic E-state index is 12.4. The van der Waals surface area contributed by atoms with Crippen LogP contribution < -0.4 is 11.2 Å². The van der Waals surface area contributed by atoms with Crippen molar-refractivity contribution in [3.8, 4) is 0 Å². The summed E-state index contributed by atoms with van der Waals surface area (Å²) in [6.07, 6.45) is 0.948. The summed E-state index contributed by atoms with van der Waals surface area (Å²) < 4.78 is 8.77. The van der Waals surface area contributed by atoms with Crippen LogP contribution in [0.15, 0.2) is 9.59 Å². The minimum Gasteiger partial charge on any atom is -0.379 e. The van der Waals surface area contributed by atoms with Crippen LogP contribution in [0.25, 0.3) is 11.2 Å². The lowest BCUT2D eigenvalue weighted by molar-refractivity contribution is 0.0326. The predicted molar refractivity (Wildman–Crippen MR) is 91.1 cm³/mol. The molecule has 3 heterocycles. The topological polar surface area (TPSA) is 85.2 Å². The number of imidazole rings is 1. The molecule has 132 valence electrons. The first-order chi connectivity index (χ1) is 11.5. The van der Waals surface area contributed by atoms with Crippen molar-refractivity contribution in [1.82, 2.24) is 24.0 Å². The van der Waals surface area contributed by atoms with Crippen molar-refractivity contribution in [2.24, 2.45) is 13.0 Å². The fourth-order valence-corrected chi connectivity index (χ4v) is 2.99. The monoisotopic (exact) mass is 335 g/mol. The van der Waals surface area contributed by atoms with Gasteiger partial charge in [-0.15, -0.1) is 0 Å². The fraction of sp³-hybridized carbons (Fsp3) is 0.688. The highest BCUT2D eigenvalue weighted by atomic mass is 16.5. The van der Waals surface area contributed by atoms with Crippen molar-refractivity contribution in [2.75, 3.05) is 26.3 Å². The van der Waals surface area contributed by atoms with Crippen LogP contribution in [-0.2, 0) is 24.9 Å². The second-order valence-electron chi connectivity index (χ2n) is 6.74. The Morgan fingerprint density at radius 2 is 1.96 bits per heavy atom. The minimum atomic E-state index is -0.432. The minimum absolute atomic E-state index is 0.363. The van der Waals surface area contributed by atoms with E-state index in [0.29, 0.717) is 36.8 Å². The van der Waals surface area contributed by atoms with E-state index in [1.807, 2.05) is 4.57 Å². The van der Waals surface area contributed by atoms with Crippen LogP contribution >= 0.6 is 0 Å². The number of fused-ring (bicyclic) bond motifs is 1. The molecule has 0 aromatic carbocycles. The number of nitrogens with zero attached hydrogens (tertiary/aromatic N) is 4. The van der Waals surface area contributed by atoms with Crippen LogP contribution in [0.4, 0.5) is 0 Å². The normalized spacial score (nSPS) is 16.3. The van der Waals surface area contributed by atoms with Crippen molar-refractivity contribution >= 4 is 11.2 Å². The summed E-state index contributed by atoms with van der Waals surface area (Å²) >= 11 is 0. The summed E-state index contributed by atoms with van der Waals surface area (Å²) in [5.74, 6) is 1.35. The zero-order valence-corrected chi connectivity index (χ0v) is 14.5. The van der Waals surface area contributed by atoms with E-state index in [-0.39, 0.29) is 5.56 Å². The van der Waals surface area contributed by atoms with Crippen molar-refractivity contribution in [2.45, 2.75) is 33.4 Å². The number of aryl methyl sites for hydroxylation is 2. The molecule has 0 amide bonds. The third kappa shape index (κ3) is 3.29. The fourth-order valence-electron chi connectivity index (χ4n) is 2.99. The average molecular weight is 335 g/mol. The maximum atomic E-state index is 12.4. The summed E-state index contributed by atoms with van der Waals surface area (Å²) in [5, 5.41) is 0. The third-order valence-electron chi connectivity index (χ3n) is 4.48. The summed E-state index contributed by atoms with van der Waals surface area (Å²) in [6, 6.07) is 0. The zero-order valence-electron chi connectivity index (χ0n) is 14.5. The molecule has 0 spiro atoms. The van der Waals surface area contributed by atoms with E-state index in [1.165, 1.54) is 4.57 Å². The van der Waals surface area contributed by atoms with Crippen molar-refractivity contribution < 1.29 is 4.74 Å². The lowest BCUT2D eigenvalue weighted by Crippen LogP contribution is -2.36. The number of aromatic nitrogens is 4. The number of hydrogen-bond donors (Lipinski definition) is 1. The van der Waals surface area contributed by atoms with E-state index in [2.05, 4.69) is 28.7 Å². The predicted octanol–water partition coefficient (Wildman–Crippen LogP) is 0.302. The highest BCUT2D eigenvalue weighted by molar-refractivity contribution is 5.70. The molecule has 1 saturated heterocycles. The van der Waals surface area contributed by atoms with Gasteiger partial charge in [0.15, 0.2) is 11.2 Å². The Morgan fingerprint density at radius 1 is 1.25 bits per heavy atom. The molecule has 0 radical (unpaired) electrons. The first-order valence-electron chi connectivity index (χ1n) is 8.46. The van der Waals surface area contributed by atoms with Gasteiger partial charge in [-0.1, -0.05) is 13.8 Å². The highest BCUT2D eigenvalue weighted by Crippen LogP contribution is 2.16. The summed E-state index contributed by atoms with van der Waals surface area (Å²) in [7, 11) is 1.64. The number of morpholine rings is 1. The van der Waals surface area contributed by atoms with Crippen LogP contribution in [0.1, 0.15) is 26.1 Å². The van der Waals surface area contributed by atoms with Gasteiger partial charge in [-0.2, -0.15) is 0 Å². The lowest BCUT2D eigenvalue weighted by Gasteiger charge is -2.26. The van der Waals surface area contributed by atoms with Gasteiger partial charge in [0.2, 0.25) is 0 Å². The summed E-state index contributed by atoms with van der Waals surface area (Å²) in [4.78, 5) is 33.5. The largest absolute Gasteiger partial charge is 0.379 e. The van der Waals surface area contributed by atoms with Gasteiger partial charge in [-0.3, -0.25) is 19.2 Å². The van der Waals surface area contributed by atoms with Crippen LogP contribution in [0.3, 0.4) is 0 Å². The van der Waals surface area contributed by atoms with Crippen molar-refractivity contribution in [3.63, 3.8) is 0 Å². The molecule has 1 fully saturated rings. The Bertz CT molecular complexity index is 827. The SMILES string of the molecule is CC(C)CCn1c(CN2CCOCC2)nc2c1c(=O)[nH]c(=O)n2C. The molecule has 2 aromatic heterocycles. The number of nitrogens with one attached hydrogen (secondary N) is 1. The van der Waals surface area contributed by atoms with Gasteiger partial charge in [-0.25, -0.2) is 9.78 Å². The molecule has 1 aliphatic heterocycles. The molecule has 8 nitrogen and oxygen atoms in total. The van der Waals surface area contributed by atoms with E-state index in [0.717, 1.165) is 31.9 Å². The lowest BCUT2D eigenvalue weighted by atomic mass is 10.1. The van der Waals surface area contributed by atoms with Gasteiger partial charge in [0, 0.05) is 26.7 Å². The molecular weight excluding hydrogens is 310 g/mol. The second kappa shape index (κ2) is 6.90. The van der Waals surface area contributed by atoms with E-state index in [9.17, 15) is 9.59 Å². The Kier molecular flexibility index (Phi) is 4.86. The van der Waals surface area contributed by atoms with Crippen LogP contribution in [0.2, 0.25) is 0 Å². The van der Waals surface area contributed by atoms with E-state index >= 15 is 0 Å². The van der Waals surface area contributed by atoms with Gasteiger partial charge in [0.25, 0.3) is 5.56 Å². The number of ether oxygens (including phenoxy) is 1. The number of hydrogen-bond acceptors (Lipinski definition) is 5. The molecule has 2 aromatic rings. The Hall–Kier alpha value is -1.93. The van der Waals surface area contributed by atoms with E-state index < -0.39 is 5.69 Å². The molecule has 24 heavy (non-hydrogen) atoms. The second-order valence-corrected chi connectivity index (χ2v) is 6.74. The average Bonchev–Trinajstić information content (AvgIpc) is 2.90. The first-order valence-corrected chi connectivity index (χ1v) is 8.46. The third-order valence-corrected chi connectivity index (χ3v) is 4.48. The quantitative estimate of drug-likeness (QED) is 0.849. The Labute approximate surface area is 140 Å². The molecular formula is C16H25N5O3. The summed E-state index contributed by atoms with van der Waals surface area (Å²) in [6.45, 7) is 8.81. The highest BCUT2D eigenvalue weighted by Gasteiger charge is 2.20. The van der Waals surface area contributed by atoms with E-state index in [1.54, 1.807) is 7.05 Å². The molecule has 8 heteroatoms. The molecule has 0 saturated carbocycles. The number of aromatic amines is 1. The molecule has 0 aliphatic carbocycles. The first kappa shape index (κ1) is 16.9. The molecule has 0 unspecified atom stereocenters. The maximum Gasteiger partial charge on any atom is 0.329 e. The number of H-pyrrole nitrogens is 1. The Balaban J connectivity index is 2.06. The van der Waals surface area contributed by atoms with Gasteiger partial charge in [0.05, 0.1) is 19.8 Å². The Morgan fingerprint density at radius 3 is 2.62 bits per heavy atom. The van der Waals surface area contributed by atoms with Crippen molar-refractivity contribution in [3.05, 3.63) is 26.7 Å². The van der Waals surface area contributed by atoms with Crippen LogP contribution in [0.5, 0.6) is 0 Å². The zero-order chi connectivity index (χ0) is 17.3. The van der Waals surface area contributed by atoms with E-state index in [4.69, 9.17) is 4.74 Å². The van der Waals surface area contributed by atoms with Crippen LogP contribution in [-0.4, -0.2) is 50.3 Å². The van der Waals surface area contributed by atoms with Crippen molar-refractivity contribution in [1.29, 1.82) is 0 Å². The van der Waals surface area contributed by atoms with Crippen LogP contribution in [0, 0.1) is 5.92 Å². The summed E-state index contributed by atoms with van der Waals surface area (Å²) in [5.41, 5.74) is 0.147. The number of rotatable bonds is 5. The molecule has 0 bridgehead atoms. The molecule has 0 atom stereocenters. The molecule has 1 N–H and O–H groups in total. The van der Waals surface area contributed by atoms with Gasteiger partial charge in [-0.05, 0) is 12.3 Å². The van der Waals surface area contributed by atoms with Gasteiger partial charge < -0.3 is 9.30 Å². The van der Waals surface area contributed by atoms with Gasteiger partial charge in [0.1, 0.15) is 5.82 Å². The molecule has 3 rings (SSSR count). The molecule has 1 aliphatic rings. The van der Waals surface area contributed by atoms with Gasteiger partial charge >= 0.3 is 5.69 Å². The smallest absolute Gasteiger partial charge is 0.329 e. The standard InChI is InChI=1S/C16H25N5O3/c1-11(2)4-5-21-12(10-20-6-8-24-9-7-20)17-14-13(21)15(22)18-16(23)19(14)3/h11H,4-10H2,1-3H3,(H,18,22,23).